The molecule has 0 aliphatic heterocycles. The Balaban J connectivity index is 1.64. The number of esters is 2. The zero-order chi connectivity index (χ0) is 45.8. The highest BCUT2D eigenvalue weighted by atomic mass is 31.2. The van der Waals surface area contributed by atoms with Gasteiger partial charge in [0.25, 0.3) is 0 Å². The van der Waals surface area contributed by atoms with Crippen LogP contribution in [0.3, 0.4) is 0 Å². The van der Waals surface area contributed by atoms with Crippen molar-refractivity contribution in [2.45, 2.75) is 221 Å². The Labute approximate surface area is 372 Å². The molecule has 3 atom stereocenters. The van der Waals surface area contributed by atoms with Gasteiger partial charge in [-0.15, -0.1) is 0 Å². The number of nitrogens with two attached hydrogens (primary N) is 1. The summed E-state index contributed by atoms with van der Waals surface area (Å²) in [7, 11) is -4.74. The lowest BCUT2D eigenvalue weighted by molar-refractivity contribution is -0.161. The van der Waals surface area contributed by atoms with E-state index in [-0.39, 0.29) is 19.4 Å². The summed E-state index contributed by atoms with van der Waals surface area (Å²) in [5.74, 6) is 2.13. The summed E-state index contributed by atoms with van der Waals surface area (Å²) < 4.78 is 45.2. The van der Waals surface area contributed by atoms with Crippen LogP contribution in [-0.2, 0) is 63.2 Å². The van der Waals surface area contributed by atoms with Crippen LogP contribution in [0, 0.1) is 27.7 Å². The predicted molar refractivity (Wildman–Crippen MR) is 242 cm³/mol. The maximum absolute atomic E-state index is 12.7. The lowest BCUT2D eigenvalue weighted by Crippen LogP contribution is -2.34. The molecule has 0 saturated heterocycles. The number of unbranched alkanes of at least 4 members (excludes halogenated alkanes) is 16. The first-order valence-electron chi connectivity index (χ1n) is 23.8. The second-order valence-corrected chi connectivity index (χ2v) is 18.5. The van der Waals surface area contributed by atoms with E-state index in [1.165, 1.54) is 41.5 Å². The van der Waals surface area contributed by atoms with Gasteiger partial charge in [-0.25, -0.2) is 4.57 Å². The van der Waals surface area contributed by atoms with E-state index in [1.807, 2.05) is 0 Å². The number of carbonyl (C=O) groups is 3. The molecule has 0 spiro atoms. The Morgan fingerprint density at radius 2 is 0.935 bits per heavy atom. The third-order valence-electron chi connectivity index (χ3n) is 11.7. The minimum absolute atomic E-state index is 0.135. The first kappa shape index (κ1) is 55.2. The highest BCUT2D eigenvalue weighted by molar-refractivity contribution is 7.47. The topological polar surface area (TPSA) is 198 Å². The summed E-state index contributed by atoms with van der Waals surface area (Å²) in [5, 5.41) is 8.93. The molecule has 0 aliphatic rings. The van der Waals surface area contributed by atoms with Crippen molar-refractivity contribution in [3.63, 3.8) is 0 Å². The average Bonchev–Trinajstić information content (AvgIpc) is 3.66. The molecule has 0 saturated carbocycles. The molecule has 0 fully saturated rings. The van der Waals surface area contributed by atoms with Gasteiger partial charge in [-0.05, 0) is 88.5 Å². The molecule has 4 N–H and O–H groups in total. The molecule has 0 radical (unpaired) electrons. The number of ether oxygens (including phenoxy) is 2. The molecule has 14 heteroatoms. The standard InChI is InChI=1S/C48H82NO12P/c1-7-9-22-28-43-38(5)39(6)45(61-43)30-24-19-14-10-12-16-20-25-31-46(50)56-33-40(34-57-62(54,55)58-35-41(49)48(52)53)59-47(51)32-26-21-17-13-11-15-18-23-29-44-37(4)36(3)42(60-44)27-8-2/h40-41H,7-35,49H2,1-6H3,(H,52,53)(H,54,55). The first-order valence-corrected chi connectivity index (χ1v) is 25.3. The molecule has 2 heterocycles. The Hall–Kier alpha value is -2.96. The number of rotatable bonds is 38. The van der Waals surface area contributed by atoms with Crippen molar-refractivity contribution in [1.29, 1.82) is 0 Å². The molecule has 0 bridgehead atoms. The highest BCUT2D eigenvalue weighted by Gasteiger charge is 2.28. The molecule has 0 aromatic carbocycles. The Bertz CT molecular complexity index is 1620. The molecule has 2 rings (SSSR count). The number of furan rings is 2. The van der Waals surface area contributed by atoms with Crippen LogP contribution in [0.4, 0.5) is 0 Å². The third kappa shape index (κ3) is 23.1. The molecule has 356 valence electrons. The second-order valence-electron chi connectivity index (χ2n) is 17.1. The van der Waals surface area contributed by atoms with Crippen LogP contribution < -0.4 is 5.73 Å². The van der Waals surface area contributed by atoms with Gasteiger partial charge in [-0.3, -0.25) is 23.4 Å². The van der Waals surface area contributed by atoms with Crippen LogP contribution in [0.5, 0.6) is 0 Å². The van der Waals surface area contributed by atoms with Gasteiger partial charge in [0.1, 0.15) is 35.7 Å². The number of carboxylic acid groups (broad SMARTS) is 1. The number of hydrogen-bond acceptors (Lipinski definition) is 11. The van der Waals surface area contributed by atoms with Crippen LogP contribution in [0.1, 0.15) is 200 Å². The SMILES string of the molecule is CCCCCc1oc(CCCCCCCCCCC(=O)OCC(COP(=O)(O)OCC(N)C(=O)O)OC(=O)CCCCCCCCCCc2oc(CCC)c(C)c2C)c(C)c1C. The lowest BCUT2D eigenvalue weighted by atomic mass is 10.0. The van der Waals surface area contributed by atoms with Gasteiger partial charge < -0.3 is 34.0 Å². The third-order valence-corrected chi connectivity index (χ3v) is 12.7. The maximum atomic E-state index is 12.7. The predicted octanol–water partition coefficient (Wildman–Crippen LogP) is 11.6. The van der Waals surface area contributed by atoms with Crippen molar-refractivity contribution in [2.24, 2.45) is 5.73 Å². The van der Waals surface area contributed by atoms with Gasteiger partial charge in [0, 0.05) is 38.5 Å². The van der Waals surface area contributed by atoms with Gasteiger partial charge in [0.15, 0.2) is 6.10 Å². The highest BCUT2D eigenvalue weighted by Crippen LogP contribution is 2.43. The molecular formula is C48H82NO12P. The van der Waals surface area contributed by atoms with E-state index in [0.717, 1.165) is 145 Å². The van der Waals surface area contributed by atoms with Crippen molar-refractivity contribution in [3.05, 3.63) is 45.3 Å². The molecule has 0 amide bonds. The van der Waals surface area contributed by atoms with Crippen LogP contribution in [0.15, 0.2) is 8.83 Å². The van der Waals surface area contributed by atoms with Crippen molar-refractivity contribution < 1.29 is 56.3 Å². The fourth-order valence-corrected chi connectivity index (χ4v) is 8.25. The van der Waals surface area contributed by atoms with Crippen LogP contribution in [-0.4, -0.2) is 59.9 Å². The maximum Gasteiger partial charge on any atom is 0.472 e. The van der Waals surface area contributed by atoms with E-state index in [9.17, 15) is 23.8 Å². The fourth-order valence-electron chi connectivity index (χ4n) is 7.47. The summed E-state index contributed by atoms with van der Waals surface area (Å²) in [5.41, 5.74) is 10.6. The van der Waals surface area contributed by atoms with Crippen molar-refractivity contribution >= 4 is 25.7 Å². The van der Waals surface area contributed by atoms with Crippen molar-refractivity contribution in [2.75, 3.05) is 19.8 Å². The van der Waals surface area contributed by atoms with Crippen LogP contribution >= 0.6 is 7.82 Å². The van der Waals surface area contributed by atoms with E-state index in [2.05, 4.69) is 46.1 Å². The van der Waals surface area contributed by atoms with E-state index in [1.54, 1.807) is 0 Å². The average molecular weight is 896 g/mol. The van der Waals surface area contributed by atoms with Gasteiger partial charge in [-0.2, -0.15) is 0 Å². The van der Waals surface area contributed by atoms with Gasteiger partial charge in [-0.1, -0.05) is 104 Å². The van der Waals surface area contributed by atoms with E-state index >= 15 is 0 Å². The van der Waals surface area contributed by atoms with Gasteiger partial charge >= 0.3 is 25.7 Å². The second kappa shape index (κ2) is 31.8. The number of aliphatic carboxylic acids is 1. The minimum Gasteiger partial charge on any atom is -0.480 e. The number of carbonyl (C=O) groups excluding carboxylic acids is 2. The van der Waals surface area contributed by atoms with Crippen LogP contribution in [0.2, 0.25) is 0 Å². The number of aryl methyl sites for hydroxylation is 4. The Morgan fingerprint density at radius 3 is 1.37 bits per heavy atom. The first-order chi connectivity index (χ1) is 29.7. The molecule has 62 heavy (non-hydrogen) atoms. The van der Waals surface area contributed by atoms with E-state index in [4.69, 9.17) is 33.7 Å². The Kier molecular flexibility index (Phi) is 28.3. The quantitative estimate of drug-likeness (QED) is 0.0327. The minimum atomic E-state index is -4.74. The molecule has 2 aromatic heterocycles. The molecule has 13 nitrogen and oxygen atoms in total. The number of hydrogen-bond donors (Lipinski definition) is 3. The smallest absolute Gasteiger partial charge is 0.472 e. The monoisotopic (exact) mass is 896 g/mol. The van der Waals surface area contributed by atoms with Crippen molar-refractivity contribution in [3.8, 4) is 0 Å². The van der Waals surface area contributed by atoms with E-state index < -0.39 is 51.1 Å². The summed E-state index contributed by atoms with van der Waals surface area (Å²) in [6, 6.07) is -1.53. The van der Waals surface area contributed by atoms with Crippen LogP contribution in [0.25, 0.3) is 0 Å². The number of phosphoric ester groups is 1. The molecule has 0 aliphatic carbocycles. The summed E-state index contributed by atoms with van der Waals surface area (Å²) in [4.78, 5) is 46.3. The number of phosphoric acid groups is 1. The fraction of sp³-hybridized carbons (Fsp3) is 0.771. The number of carboxylic acids is 1. The van der Waals surface area contributed by atoms with Gasteiger partial charge in [0.2, 0.25) is 0 Å². The normalized spacial score (nSPS) is 13.5. The van der Waals surface area contributed by atoms with Crippen molar-refractivity contribution in [1.82, 2.24) is 0 Å². The zero-order valence-electron chi connectivity index (χ0n) is 39.2. The summed E-state index contributed by atoms with van der Waals surface area (Å²) in [6.45, 7) is 11.3. The van der Waals surface area contributed by atoms with E-state index in [0.29, 0.717) is 12.8 Å². The Morgan fingerprint density at radius 1 is 0.548 bits per heavy atom. The largest absolute Gasteiger partial charge is 0.480 e. The zero-order valence-corrected chi connectivity index (χ0v) is 40.1. The molecular weight excluding hydrogens is 813 g/mol. The van der Waals surface area contributed by atoms with Gasteiger partial charge in [0.05, 0.1) is 13.2 Å². The summed E-state index contributed by atoms with van der Waals surface area (Å²) in [6.07, 6.45) is 24.1. The molecule has 3 unspecified atom stereocenters. The molecule has 2 aromatic rings. The lowest BCUT2D eigenvalue weighted by Gasteiger charge is -2.20. The summed E-state index contributed by atoms with van der Waals surface area (Å²) >= 11 is 0.